The third-order valence-corrected chi connectivity index (χ3v) is 1.46. The van der Waals surface area contributed by atoms with Gasteiger partial charge in [-0.2, -0.15) is 0 Å². The molecule has 1 heterocycles. The number of hydrogen-bond donors (Lipinski definition) is 0. The largest absolute Gasteiger partial charge is 0.270 e. The molecule has 3 heteroatoms. The van der Waals surface area contributed by atoms with Crippen molar-refractivity contribution < 1.29 is 4.39 Å². The van der Waals surface area contributed by atoms with E-state index in [-0.39, 0.29) is 0 Å². The van der Waals surface area contributed by atoms with Gasteiger partial charge >= 0.3 is 0 Å². The first-order chi connectivity index (χ1) is 4.20. The molecule has 9 heavy (non-hydrogen) atoms. The molecule has 0 fully saturated rings. The molecular weight excluding hydrogens is 141 g/mol. The summed E-state index contributed by atoms with van der Waals surface area (Å²) in [5, 5.41) is 0. The first-order valence-electron chi connectivity index (χ1n) is 2.70. The molecule has 0 aliphatic carbocycles. The number of dihydropyridines is 1. The summed E-state index contributed by atoms with van der Waals surface area (Å²) in [5.74, 6) is 0. The van der Waals surface area contributed by atoms with Gasteiger partial charge in [0, 0.05) is 6.21 Å². The fourth-order valence-corrected chi connectivity index (χ4v) is 0.774. The Bertz CT molecular complexity index is 164. The van der Waals surface area contributed by atoms with E-state index in [0.717, 1.165) is 5.57 Å². The van der Waals surface area contributed by atoms with E-state index >= 15 is 0 Å². The van der Waals surface area contributed by atoms with Crippen LogP contribution in [0, 0.1) is 0 Å². The molecule has 0 amide bonds. The van der Waals surface area contributed by atoms with Gasteiger partial charge in [0.2, 0.25) is 0 Å². The quantitative estimate of drug-likeness (QED) is 0.367. The van der Waals surface area contributed by atoms with Crippen LogP contribution in [0.15, 0.2) is 16.6 Å². The van der Waals surface area contributed by atoms with Crippen LogP contribution in [0.2, 0.25) is 0 Å². The highest BCUT2D eigenvalue weighted by Gasteiger charge is 2.16. The Kier molecular flexibility index (Phi) is 1.86. The van der Waals surface area contributed by atoms with E-state index in [1.807, 2.05) is 0 Å². The topological polar surface area (TPSA) is 12.4 Å². The highest BCUT2D eigenvalue weighted by atomic mass is 35.5. The summed E-state index contributed by atoms with van der Waals surface area (Å²) in [6, 6.07) is 0. The minimum atomic E-state index is -1.11. The fraction of sp³-hybridized carbons (Fsp3) is 0.500. The lowest BCUT2D eigenvalue weighted by Gasteiger charge is -2.10. The molecule has 1 nitrogen and oxygen atoms in total. The van der Waals surface area contributed by atoms with E-state index in [0.29, 0.717) is 0 Å². The van der Waals surface area contributed by atoms with Crippen molar-refractivity contribution in [2.45, 2.75) is 18.6 Å². The smallest absolute Gasteiger partial charge is 0.158 e. The molecule has 1 aliphatic rings. The standard InChI is InChI=1S/C6H7ClFN/c1-4-2-5(8)6(7)9-3-4/h2-3,5-6H,1H3. The molecule has 1 rings (SSSR count). The molecule has 0 radical (unpaired) electrons. The Morgan fingerprint density at radius 2 is 2.44 bits per heavy atom. The number of nitrogens with zero attached hydrogens (tertiary/aromatic N) is 1. The van der Waals surface area contributed by atoms with Crippen LogP contribution in [0.4, 0.5) is 4.39 Å². The van der Waals surface area contributed by atoms with Crippen molar-refractivity contribution in [3.8, 4) is 0 Å². The lowest BCUT2D eigenvalue weighted by Crippen LogP contribution is -2.15. The summed E-state index contributed by atoms with van der Waals surface area (Å²) in [6.07, 6.45) is 1.93. The van der Waals surface area contributed by atoms with Gasteiger partial charge in [0.1, 0.15) is 0 Å². The number of halogens is 2. The second-order valence-corrected chi connectivity index (χ2v) is 2.45. The Balaban J connectivity index is 2.70. The normalized spacial score (nSPS) is 34.3. The number of alkyl halides is 2. The van der Waals surface area contributed by atoms with E-state index in [1.165, 1.54) is 6.08 Å². The van der Waals surface area contributed by atoms with E-state index < -0.39 is 11.7 Å². The van der Waals surface area contributed by atoms with Crippen molar-refractivity contribution in [2.75, 3.05) is 0 Å². The molecule has 0 N–H and O–H groups in total. The maximum absolute atomic E-state index is 12.5. The first-order valence-corrected chi connectivity index (χ1v) is 3.13. The Labute approximate surface area is 58.2 Å². The molecule has 50 valence electrons. The SMILES string of the molecule is CC1=CC(F)C(Cl)N=C1. The van der Waals surface area contributed by atoms with Crippen LogP contribution in [0.1, 0.15) is 6.92 Å². The van der Waals surface area contributed by atoms with Gasteiger partial charge in [-0.25, -0.2) is 4.39 Å². The molecule has 2 atom stereocenters. The molecule has 0 aromatic heterocycles. The highest BCUT2D eigenvalue weighted by Crippen LogP contribution is 2.15. The molecule has 0 bridgehead atoms. The minimum Gasteiger partial charge on any atom is -0.270 e. The maximum atomic E-state index is 12.5. The third kappa shape index (κ3) is 1.52. The van der Waals surface area contributed by atoms with E-state index in [1.54, 1.807) is 13.1 Å². The summed E-state index contributed by atoms with van der Waals surface area (Å²) in [4.78, 5) is 3.69. The van der Waals surface area contributed by atoms with Gasteiger partial charge in [0.15, 0.2) is 11.7 Å². The van der Waals surface area contributed by atoms with Gasteiger partial charge in [-0.1, -0.05) is 11.6 Å². The predicted octanol–water partition coefficient (Wildman–Crippen LogP) is 1.92. The van der Waals surface area contributed by atoms with Gasteiger partial charge < -0.3 is 0 Å². The summed E-state index contributed by atoms with van der Waals surface area (Å²) in [5.41, 5.74) is 0.119. The van der Waals surface area contributed by atoms with Crippen molar-refractivity contribution in [3.63, 3.8) is 0 Å². The van der Waals surface area contributed by atoms with Crippen LogP contribution in [0.25, 0.3) is 0 Å². The van der Waals surface area contributed by atoms with Crippen LogP contribution in [0.5, 0.6) is 0 Å². The van der Waals surface area contributed by atoms with Crippen LogP contribution in [0.3, 0.4) is 0 Å². The Hall–Kier alpha value is -0.370. The number of aliphatic imine (C=N–C) groups is 1. The van der Waals surface area contributed by atoms with E-state index in [9.17, 15) is 4.39 Å². The zero-order valence-corrected chi connectivity index (χ0v) is 5.77. The van der Waals surface area contributed by atoms with Gasteiger partial charge in [-0.3, -0.25) is 4.99 Å². The highest BCUT2D eigenvalue weighted by molar-refractivity contribution is 6.21. The fourth-order valence-electron chi connectivity index (χ4n) is 0.645. The van der Waals surface area contributed by atoms with Crippen LogP contribution >= 0.6 is 11.6 Å². The van der Waals surface area contributed by atoms with Gasteiger partial charge in [-0.15, -0.1) is 0 Å². The summed E-state index contributed by atoms with van der Waals surface area (Å²) >= 11 is 5.41. The van der Waals surface area contributed by atoms with Crippen molar-refractivity contribution in [3.05, 3.63) is 11.6 Å². The van der Waals surface area contributed by atoms with Gasteiger partial charge in [0.25, 0.3) is 0 Å². The number of allylic oxidation sites excluding steroid dienone is 1. The predicted molar refractivity (Wildman–Crippen MR) is 36.8 cm³/mol. The second kappa shape index (κ2) is 2.48. The molecule has 1 aliphatic heterocycles. The molecule has 2 unspecified atom stereocenters. The molecule has 0 saturated carbocycles. The van der Waals surface area contributed by atoms with E-state index in [2.05, 4.69) is 4.99 Å². The van der Waals surface area contributed by atoms with Crippen molar-refractivity contribution in [1.82, 2.24) is 0 Å². The number of hydrogen-bond acceptors (Lipinski definition) is 1. The zero-order valence-electron chi connectivity index (χ0n) is 5.01. The zero-order chi connectivity index (χ0) is 6.85. The third-order valence-electron chi connectivity index (χ3n) is 1.11. The van der Waals surface area contributed by atoms with Gasteiger partial charge in [-0.05, 0) is 18.6 Å². The Morgan fingerprint density at radius 3 is 2.89 bits per heavy atom. The number of rotatable bonds is 0. The molecule has 0 aromatic carbocycles. The Morgan fingerprint density at radius 1 is 1.78 bits per heavy atom. The lowest BCUT2D eigenvalue weighted by molar-refractivity contribution is 0.386. The van der Waals surface area contributed by atoms with Crippen LogP contribution in [-0.2, 0) is 0 Å². The summed E-state index contributed by atoms with van der Waals surface area (Å²) in [7, 11) is 0. The van der Waals surface area contributed by atoms with Crippen molar-refractivity contribution in [2.24, 2.45) is 4.99 Å². The molecule has 0 spiro atoms. The van der Waals surface area contributed by atoms with Crippen molar-refractivity contribution >= 4 is 17.8 Å². The average molecular weight is 148 g/mol. The second-order valence-electron chi connectivity index (χ2n) is 2.01. The van der Waals surface area contributed by atoms with Crippen molar-refractivity contribution in [1.29, 1.82) is 0 Å². The molecule has 0 saturated heterocycles. The lowest BCUT2D eigenvalue weighted by atomic mass is 10.2. The average Bonchev–Trinajstić information content (AvgIpc) is 1.80. The van der Waals surface area contributed by atoms with Crippen LogP contribution in [-0.4, -0.2) is 17.9 Å². The first kappa shape index (κ1) is 6.75. The maximum Gasteiger partial charge on any atom is 0.158 e. The summed E-state index contributed by atoms with van der Waals surface area (Å²) < 4.78 is 12.5. The monoisotopic (exact) mass is 147 g/mol. The molecular formula is C6H7ClFN. The van der Waals surface area contributed by atoms with Crippen LogP contribution < -0.4 is 0 Å². The minimum absolute atomic E-state index is 0.714. The van der Waals surface area contributed by atoms with Gasteiger partial charge in [0.05, 0.1) is 0 Å². The van der Waals surface area contributed by atoms with E-state index in [4.69, 9.17) is 11.6 Å². The molecule has 0 aromatic rings. The summed E-state index contributed by atoms with van der Waals surface area (Å²) in [6.45, 7) is 1.79.